The minimum Gasteiger partial charge on any atom is -0.337 e. The van der Waals surface area contributed by atoms with E-state index in [0.717, 1.165) is 5.56 Å². The molecule has 1 unspecified atom stereocenters. The average molecular weight is 282 g/mol. The van der Waals surface area contributed by atoms with E-state index in [-0.39, 0.29) is 18.3 Å². The van der Waals surface area contributed by atoms with Crippen molar-refractivity contribution < 1.29 is 13.2 Å². The number of rotatable bonds is 4. The van der Waals surface area contributed by atoms with E-state index in [2.05, 4.69) is 10.6 Å². The van der Waals surface area contributed by atoms with Crippen molar-refractivity contribution in [3.8, 4) is 0 Å². The molecule has 2 amide bonds. The quantitative estimate of drug-likeness (QED) is 0.867. The topological polar surface area (TPSA) is 75.3 Å². The van der Waals surface area contributed by atoms with Crippen LogP contribution in [-0.2, 0) is 16.4 Å². The van der Waals surface area contributed by atoms with Gasteiger partial charge in [-0.15, -0.1) is 0 Å². The lowest BCUT2D eigenvalue weighted by molar-refractivity contribution is 0.240. The molecule has 5 nitrogen and oxygen atoms in total. The molecule has 0 aromatic heterocycles. The molecule has 2 N–H and O–H groups in total. The number of benzene rings is 1. The molecule has 19 heavy (non-hydrogen) atoms. The second-order valence-corrected chi connectivity index (χ2v) is 7.08. The van der Waals surface area contributed by atoms with Crippen molar-refractivity contribution in [1.82, 2.24) is 10.6 Å². The van der Waals surface area contributed by atoms with E-state index in [1.165, 1.54) is 0 Å². The lowest BCUT2D eigenvalue weighted by Gasteiger charge is -2.11. The second-order valence-electron chi connectivity index (χ2n) is 4.68. The van der Waals surface area contributed by atoms with Crippen LogP contribution in [0.15, 0.2) is 30.3 Å². The number of nitrogens with one attached hydrogen (secondary N) is 2. The summed E-state index contributed by atoms with van der Waals surface area (Å²) in [6.07, 6.45) is 1.33. The predicted molar refractivity (Wildman–Crippen MR) is 73.5 cm³/mol. The highest BCUT2D eigenvalue weighted by atomic mass is 32.2. The van der Waals surface area contributed by atoms with E-state index >= 15 is 0 Å². The summed E-state index contributed by atoms with van der Waals surface area (Å²) in [6, 6.07) is 9.23. The zero-order valence-electron chi connectivity index (χ0n) is 10.6. The summed E-state index contributed by atoms with van der Waals surface area (Å²) in [7, 11) is -2.99. The van der Waals surface area contributed by atoms with Gasteiger partial charge in [0, 0.05) is 13.1 Å². The maximum Gasteiger partial charge on any atom is 0.315 e. The van der Waals surface area contributed by atoms with Crippen LogP contribution in [0.5, 0.6) is 0 Å². The molecule has 1 aliphatic heterocycles. The van der Waals surface area contributed by atoms with Gasteiger partial charge < -0.3 is 10.6 Å². The minimum atomic E-state index is -2.99. The molecule has 0 aliphatic carbocycles. The predicted octanol–water partition coefficient (Wildman–Crippen LogP) is 1.06. The molecule has 6 heteroatoms. The zero-order chi connectivity index (χ0) is 13.7. The van der Waals surface area contributed by atoms with E-state index in [0.29, 0.717) is 19.4 Å². The zero-order valence-corrected chi connectivity index (χ0v) is 11.4. The SMILES string of the molecule is O=C(NCc1ccccc1)NCC1CCCS1(=O)=O. The summed E-state index contributed by atoms with van der Waals surface area (Å²) in [5, 5.41) is 4.91. The van der Waals surface area contributed by atoms with Gasteiger partial charge in [-0.05, 0) is 18.4 Å². The molecule has 104 valence electrons. The summed E-state index contributed by atoms with van der Waals surface area (Å²) in [6.45, 7) is 0.632. The molecule has 1 aliphatic rings. The van der Waals surface area contributed by atoms with E-state index in [9.17, 15) is 13.2 Å². The third-order valence-electron chi connectivity index (χ3n) is 3.25. The van der Waals surface area contributed by atoms with Crippen molar-refractivity contribution >= 4 is 15.9 Å². The normalized spacial score (nSPS) is 20.9. The third kappa shape index (κ3) is 3.96. The van der Waals surface area contributed by atoms with Crippen LogP contribution >= 0.6 is 0 Å². The van der Waals surface area contributed by atoms with Gasteiger partial charge in [-0.1, -0.05) is 30.3 Å². The van der Waals surface area contributed by atoms with Crippen molar-refractivity contribution in [1.29, 1.82) is 0 Å². The van der Waals surface area contributed by atoms with Crippen molar-refractivity contribution in [2.24, 2.45) is 0 Å². The van der Waals surface area contributed by atoms with Crippen molar-refractivity contribution in [2.75, 3.05) is 12.3 Å². The number of carbonyl (C=O) groups excluding carboxylic acids is 1. The Balaban J connectivity index is 1.73. The van der Waals surface area contributed by atoms with Crippen LogP contribution < -0.4 is 10.6 Å². The van der Waals surface area contributed by atoms with E-state index in [4.69, 9.17) is 0 Å². The fraction of sp³-hybridized carbons (Fsp3) is 0.462. The van der Waals surface area contributed by atoms with Crippen molar-refractivity contribution in [3.63, 3.8) is 0 Å². The Bertz CT molecular complexity index is 528. The highest BCUT2D eigenvalue weighted by Gasteiger charge is 2.31. The van der Waals surface area contributed by atoms with Crippen molar-refractivity contribution in [3.05, 3.63) is 35.9 Å². The Morgan fingerprint density at radius 2 is 1.95 bits per heavy atom. The Morgan fingerprint density at radius 1 is 1.21 bits per heavy atom. The van der Waals surface area contributed by atoms with Gasteiger partial charge in [0.25, 0.3) is 0 Å². The molecule has 0 bridgehead atoms. The van der Waals surface area contributed by atoms with Gasteiger partial charge in [-0.2, -0.15) is 0 Å². The molecular weight excluding hydrogens is 264 g/mol. The van der Waals surface area contributed by atoms with Gasteiger partial charge in [0.1, 0.15) is 0 Å². The number of amides is 2. The third-order valence-corrected chi connectivity index (χ3v) is 5.52. The van der Waals surface area contributed by atoms with E-state index in [1.807, 2.05) is 30.3 Å². The van der Waals surface area contributed by atoms with Gasteiger partial charge >= 0.3 is 6.03 Å². The molecule has 0 saturated carbocycles. The Kier molecular flexibility index (Phi) is 4.42. The number of carbonyl (C=O) groups is 1. The Hall–Kier alpha value is -1.56. The van der Waals surface area contributed by atoms with Crippen LogP contribution in [0.3, 0.4) is 0 Å². The highest BCUT2D eigenvalue weighted by molar-refractivity contribution is 7.92. The van der Waals surface area contributed by atoms with E-state index in [1.54, 1.807) is 0 Å². The molecule has 0 spiro atoms. The molecule has 1 atom stereocenters. The smallest absolute Gasteiger partial charge is 0.315 e. The molecule has 2 rings (SSSR count). The Morgan fingerprint density at radius 3 is 2.58 bits per heavy atom. The molecule has 1 saturated heterocycles. The summed E-state index contributed by atoms with van der Waals surface area (Å²) >= 11 is 0. The van der Waals surface area contributed by atoms with Crippen LogP contribution in [0.2, 0.25) is 0 Å². The van der Waals surface area contributed by atoms with Crippen LogP contribution in [0, 0.1) is 0 Å². The number of sulfone groups is 1. The summed E-state index contributed by atoms with van der Waals surface area (Å²) < 4.78 is 23.2. The van der Waals surface area contributed by atoms with Crippen LogP contribution in [0.4, 0.5) is 4.79 Å². The van der Waals surface area contributed by atoms with Crippen LogP contribution in [0.1, 0.15) is 18.4 Å². The largest absolute Gasteiger partial charge is 0.337 e. The first-order chi connectivity index (χ1) is 9.08. The van der Waals surface area contributed by atoms with Crippen LogP contribution in [-0.4, -0.2) is 32.0 Å². The lowest BCUT2D eigenvalue weighted by atomic mass is 10.2. The summed E-state index contributed by atoms with van der Waals surface area (Å²) in [5.74, 6) is 0.241. The van der Waals surface area contributed by atoms with Gasteiger partial charge in [-0.25, -0.2) is 13.2 Å². The highest BCUT2D eigenvalue weighted by Crippen LogP contribution is 2.18. The van der Waals surface area contributed by atoms with Gasteiger partial charge in [0.05, 0.1) is 11.0 Å². The summed E-state index contributed by atoms with van der Waals surface area (Å²) in [4.78, 5) is 11.6. The lowest BCUT2D eigenvalue weighted by Crippen LogP contribution is -2.40. The standard InChI is InChI=1S/C13H18N2O3S/c16-13(14-9-11-5-2-1-3-6-11)15-10-12-7-4-8-19(12,17)18/h1-3,5-6,12H,4,7-10H2,(H2,14,15,16). The molecular formula is C13H18N2O3S. The minimum absolute atomic E-state index is 0.197. The van der Waals surface area contributed by atoms with Gasteiger partial charge in [-0.3, -0.25) is 0 Å². The van der Waals surface area contributed by atoms with Crippen molar-refractivity contribution in [2.45, 2.75) is 24.6 Å². The fourth-order valence-electron chi connectivity index (χ4n) is 2.13. The maximum absolute atomic E-state index is 11.6. The first kappa shape index (κ1) is 13.9. The van der Waals surface area contributed by atoms with Crippen LogP contribution in [0.25, 0.3) is 0 Å². The molecule has 0 radical (unpaired) electrons. The van der Waals surface area contributed by atoms with Gasteiger partial charge in [0.2, 0.25) is 0 Å². The monoisotopic (exact) mass is 282 g/mol. The average Bonchev–Trinajstić information content (AvgIpc) is 2.74. The molecule has 1 aromatic carbocycles. The number of hydrogen-bond donors (Lipinski definition) is 2. The first-order valence-electron chi connectivity index (χ1n) is 6.35. The first-order valence-corrected chi connectivity index (χ1v) is 8.07. The maximum atomic E-state index is 11.6. The molecule has 1 aromatic rings. The molecule has 1 heterocycles. The second kappa shape index (κ2) is 6.06. The summed E-state index contributed by atoms with van der Waals surface area (Å²) in [5.41, 5.74) is 1.01. The Labute approximate surface area is 113 Å². The number of hydrogen-bond acceptors (Lipinski definition) is 3. The van der Waals surface area contributed by atoms with E-state index < -0.39 is 15.1 Å². The molecule has 1 fully saturated rings. The fourth-order valence-corrected chi connectivity index (χ4v) is 3.90. The number of urea groups is 1. The van der Waals surface area contributed by atoms with Gasteiger partial charge in [0.15, 0.2) is 9.84 Å².